The van der Waals surface area contributed by atoms with Gasteiger partial charge in [0.05, 0.1) is 30.2 Å². The molecule has 5 rings (SSSR count). The van der Waals surface area contributed by atoms with Gasteiger partial charge < -0.3 is 19.4 Å². The average molecular weight is 384 g/mol. The van der Waals surface area contributed by atoms with E-state index in [4.69, 9.17) is 9.72 Å². The number of aryl methyl sites for hydroxylation is 1. The molecular weight excluding hydrogens is 364 g/mol. The Bertz CT molecular complexity index is 1320. The molecule has 5 aromatic rings. The van der Waals surface area contributed by atoms with Crippen molar-refractivity contribution in [1.29, 1.82) is 0 Å². The lowest BCUT2D eigenvalue weighted by atomic mass is 10.1. The van der Waals surface area contributed by atoms with Crippen LogP contribution >= 0.6 is 0 Å². The molecule has 144 valence electrons. The molecule has 0 saturated carbocycles. The van der Waals surface area contributed by atoms with Gasteiger partial charge in [-0.25, -0.2) is 15.0 Å². The van der Waals surface area contributed by atoms with Gasteiger partial charge in [-0.15, -0.1) is 0 Å². The van der Waals surface area contributed by atoms with Crippen LogP contribution in [0.3, 0.4) is 0 Å². The lowest BCUT2D eigenvalue weighted by molar-refractivity contribution is 0.410. The molecule has 0 radical (unpaired) electrons. The van der Waals surface area contributed by atoms with E-state index in [1.165, 1.54) is 5.56 Å². The van der Waals surface area contributed by atoms with Crippen molar-refractivity contribution in [2.45, 2.75) is 13.3 Å². The summed E-state index contributed by atoms with van der Waals surface area (Å²) in [4.78, 5) is 16.8. The predicted octanol–water partition coefficient (Wildman–Crippen LogP) is 4.59. The quantitative estimate of drug-likeness (QED) is 0.463. The van der Waals surface area contributed by atoms with Gasteiger partial charge in [0.25, 0.3) is 0 Å². The molecular formula is C22H20N6O. The van der Waals surface area contributed by atoms with Crippen molar-refractivity contribution in [3.05, 3.63) is 66.9 Å². The van der Waals surface area contributed by atoms with Crippen LogP contribution in [-0.2, 0) is 6.42 Å². The Morgan fingerprint density at radius 2 is 2.07 bits per heavy atom. The molecule has 7 nitrogen and oxygen atoms in total. The number of fused-ring (bicyclic) bond motifs is 2. The molecule has 2 N–H and O–H groups in total. The van der Waals surface area contributed by atoms with Crippen molar-refractivity contribution in [3.8, 4) is 17.0 Å². The number of imidazole rings is 2. The summed E-state index contributed by atoms with van der Waals surface area (Å²) >= 11 is 0. The van der Waals surface area contributed by atoms with Crippen LogP contribution in [0.15, 0.2) is 61.3 Å². The van der Waals surface area contributed by atoms with E-state index in [9.17, 15) is 0 Å². The van der Waals surface area contributed by atoms with Crippen LogP contribution in [0.5, 0.6) is 5.75 Å². The van der Waals surface area contributed by atoms with E-state index in [-0.39, 0.29) is 0 Å². The summed E-state index contributed by atoms with van der Waals surface area (Å²) < 4.78 is 7.49. The van der Waals surface area contributed by atoms with Crippen molar-refractivity contribution in [2.75, 3.05) is 12.4 Å². The van der Waals surface area contributed by atoms with E-state index in [0.717, 1.165) is 45.8 Å². The molecule has 0 aliphatic rings. The largest absolute Gasteiger partial charge is 0.496 e. The van der Waals surface area contributed by atoms with Gasteiger partial charge in [-0.1, -0.05) is 19.1 Å². The number of methoxy groups -OCH3 is 1. The number of rotatable bonds is 5. The van der Waals surface area contributed by atoms with Crippen LogP contribution in [0.25, 0.3) is 27.9 Å². The minimum absolute atomic E-state index is 0.684. The van der Waals surface area contributed by atoms with Crippen LogP contribution in [0.4, 0.5) is 11.5 Å². The van der Waals surface area contributed by atoms with Crippen molar-refractivity contribution in [1.82, 2.24) is 24.3 Å². The fourth-order valence-corrected chi connectivity index (χ4v) is 3.50. The minimum Gasteiger partial charge on any atom is -0.496 e. The molecule has 0 saturated heterocycles. The van der Waals surface area contributed by atoms with Crippen molar-refractivity contribution >= 4 is 28.2 Å². The number of nitrogens with one attached hydrogen (secondary N) is 2. The Labute approximate surface area is 167 Å². The molecule has 3 heterocycles. The second kappa shape index (κ2) is 6.94. The first-order valence-electron chi connectivity index (χ1n) is 9.46. The second-order valence-corrected chi connectivity index (χ2v) is 6.77. The highest BCUT2D eigenvalue weighted by Crippen LogP contribution is 2.29. The number of benzene rings is 2. The van der Waals surface area contributed by atoms with E-state index in [0.29, 0.717) is 5.82 Å². The van der Waals surface area contributed by atoms with Crippen molar-refractivity contribution < 1.29 is 4.74 Å². The lowest BCUT2D eigenvalue weighted by Gasteiger charge is -2.13. The molecule has 3 aromatic heterocycles. The monoisotopic (exact) mass is 384 g/mol. The summed E-state index contributed by atoms with van der Waals surface area (Å²) in [5.41, 5.74) is 6.57. The second-order valence-electron chi connectivity index (χ2n) is 6.77. The van der Waals surface area contributed by atoms with Gasteiger partial charge >= 0.3 is 0 Å². The van der Waals surface area contributed by atoms with Crippen LogP contribution in [0.1, 0.15) is 12.5 Å². The fourth-order valence-electron chi connectivity index (χ4n) is 3.50. The number of nitrogens with zero attached hydrogens (tertiary/aromatic N) is 4. The van der Waals surface area contributed by atoms with Gasteiger partial charge in [0.1, 0.15) is 5.75 Å². The maximum absolute atomic E-state index is 5.52. The van der Waals surface area contributed by atoms with Crippen molar-refractivity contribution in [3.63, 3.8) is 0 Å². The summed E-state index contributed by atoms with van der Waals surface area (Å²) in [5, 5.41) is 3.41. The Kier molecular flexibility index (Phi) is 4.13. The van der Waals surface area contributed by atoms with Crippen LogP contribution in [0, 0.1) is 0 Å². The molecule has 0 fully saturated rings. The highest BCUT2D eigenvalue weighted by molar-refractivity contribution is 5.82. The van der Waals surface area contributed by atoms with Gasteiger partial charge in [-0.05, 0) is 30.2 Å². The maximum atomic E-state index is 5.52. The topological polar surface area (TPSA) is 80.1 Å². The third-order valence-corrected chi connectivity index (χ3v) is 5.02. The molecule has 2 aromatic carbocycles. The Balaban J connectivity index is 1.59. The summed E-state index contributed by atoms with van der Waals surface area (Å²) in [6, 6.07) is 12.2. The number of ether oxygens (including phenoxy) is 1. The standard InChI is InChI=1S/C22H20N6O/c1-3-14-4-6-16(11-20(14)29-2)26-21-22-23-8-9-28(22)12-19(27-21)15-5-7-17-18(10-15)25-13-24-17/h4-13H,3H2,1-2H3,(H,24,25)(H,26,27). The number of aromatic nitrogens is 5. The van der Waals surface area contributed by atoms with Crippen LogP contribution < -0.4 is 10.1 Å². The van der Waals surface area contributed by atoms with E-state index in [1.54, 1.807) is 19.6 Å². The zero-order valence-electron chi connectivity index (χ0n) is 16.2. The Morgan fingerprint density at radius 1 is 1.14 bits per heavy atom. The SMILES string of the molecule is CCc1ccc(Nc2nc(-c3ccc4nc[nH]c4c3)cn3ccnc23)cc1OC. The Hall–Kier alpha value is -3.87. The molecule has 0 aliphatic carbocycles. The van der Waals surface area contributed by atoms with Gasteiger partial charge in [-0.2, -0.15) is 0 Å². The van der Waals surface area contributed by atoms with Gasteiger partial charge in [0, 0.05) is 35.9 Å². The third kappa shape index (κ3) is 3.06. The molecule has 0 unspecified atom stereocenters. The smallest absolute Gasteiger partial charge is 0.180 e. The first-order valence-corrected chi connectivity index (χ1v) is 9.46. The molecule has 0 spiro atoms. The van der Waals surface area contributed by atoms with Gasteiger partial charge in [0.15, 0.2) is 11.5 Å². The summed E-state index contributed by atoms with van der Waals surface area (Å²) in [5.74, 6) is 1.54. The number of anilines is 2. The molecule has 7 heteroatoms. The van der Waals surface area contributed by atoms with E-state index >= 15 is 0 Å². The summed E-state index contributed by atoms with van der Waals surface area (Å²) in [6.07, 6.45) is 8.27. The number of hydrogen-bond acceptors (Lipinski definition) is 5. The zero-order chi connectivity index (χ0) is 19.8. The number of H-pyrrole nitrogens is 1. The molecule has 29 heavy (non-hydrogen) atoms. The first kappa shape index (κ1) is 17.2. The molecule has 0 bridgehead atoms. The summed E-state index contributed by atoms with van der Waals surface area (Å²) in [7, 11) is 1.69. The first-order chi connectivity index (χ1) is 14.2. The zero-order valence-corrected chi connectivity index (χ0v) is 16.2. The third-order valence-electron chi connectivity index (χ3n) is 5.02. The lowest BCUT2D eigenvalue weighted by Crippen LogP contribution is -2.01. The van der Waals surface area contributed by atoms with Gasteiger partial charge in [0.2, 0.25) is 0 Å². The average Bonchev–Trinajstić information content (AvgIpc) is 3.42. The highest BCUT2D eigenvalue weighted by Gasteiger charge is 2.12. The van der Waals surface area contributed by atoms with Crippen molar-refractivity contribution in [2.24, 2.45) is 0 Å². The van der Waals surface area contributed by atoms with Gasteiger partial charge in [-0.3, -0.25) is 0 Å². The highest BCUT2D eigenvalue weighted by atomic mass is 16.5. The summed E-state index contributed by atoms with van der Waals surface area (Å²) in [6.45, 7) is 2.11. The fraction of sp³-hybridized carbons (Fsp3) is 0.136. The van der Waals surface area contributed by atoms with E-state index in [2.05, 4.69) is 39.3 Å². The maximum Gasteiger partial charge on any atom is 0.180 e. The van der Waals surface area contributed by atoms with E-state index < -0.39 is 0 Å². The normalized spacial score (nSPS) is 11.2. The number of aromatic amines is 1. The van der Waals surface area contributed by atoms with E-state index in [1.807, 2.05) is 41.1 Å². The van der Waals surface area contributed by atoms with Crippen LogP contribution in [0.2, 0.25) is 0 Å². The molecule has 0 atom stereocenters. The minimum atomic E-state index is 0.684. The molecule has 0 aliphatic heterocycles. The number of hydrogen-bond donors (Lipinski definition) is 2. The predicted molar refractivity (Wildman–Crippen MR) is 114 cm³/mol. The molecule has 0 amide bonds. The van der Waals surface area contributed by atoms with Crippen LogP contribution in [-0.4, -0.2) is 31.4 Å². The Morgan fingerprint density at radius 3 is 2.93 bits per heavy atom.